The van der Waals surface area contributed by atoms with Crippen molar-refractivity contribution in [2.45, 2.75) is 45.5 Å². The Balaban J connectivity index is 4.91. The van der Waals surface area contributed by atoms with Gasteiger partial charge in [-0.3, -0.25) is 4.79 Å². The SMILES string of the molecule is CC(C)N(C(=O)C(F)F)C(C)C(F)(F)F. The van der Waals surface area contributed by atoms with Gasteiger partial charge in [-0.1, -0.05) is 0 Å². The molecule has 0 saturated carbocycles. The van der Waals surface area contributed by atoms with E-state index in [1.54, 1.807) is 0 Å². The minimum absolute atomic E-state index is 0.144. The van der Waals surface area contributed by atoms with Gasteiger partial charge in [0.15, 0.2) is 0 Å². The second-order valence-corrected chi connectivity index (χ2v) is 3.36. The summed E-state index contributed by atoms with van der Waals surface area (Å²) in [5, 5.41) is 0. The van der Waals surface area contributed by atoms with Gasteiger partial charge >= 0.3 is 12.6 Å². The van der Waals surface area contributed by atoms with E-state index in [9.17, 15) is 26.7 Å². The van der Waals surface area contributed by atoms with Crippen LogP contribution in [-0.2, 0) is 4.79 Å². The van der Waals surface area contributed by atoms with Crippen LogP contribution in [-0.4, -0.2) is 35.5 Å². The lowest BCUT2D eigenvalue weighted by Crippen LogP contribution is -2.52. The van der Waals surface area contributed by atoms with Crippen molar-refractivity contribution in [1.82, 2.24) is 4.90 Å². The van der Waals surface area contributed by atoms with Crippen molar-refractivity contribution in [2.75, 3.05) is 0 Å². The van der Waals surface area contributed by atoms with Crippen LogP contribution < -0.4 is 0 Å². The molecule has 90 valence electrons. The van der Waals surface area contributed by atoms with Gasteiger partial charge in [-0.25, -0.2) is 0 Å². The number of carbonyl (C=O) groups excluding carboxylic acids is 1. The fourth-order valence-electron chi connectivity index (χ4n) is 1.16. The lowest BCUT2D eigenvalue weighted by molar-refractivity contribution is -0.194. The fraction of sp³-hybridized carbons (Fsp3) is 0.875. The molecule has 0 aromatic heterocycles. The van der Waals surface area contributed by atoms with E-state index in [1.165, 1.54) is 13.8 Å². The molecule has 0 aliphatic heterocycles. The smallest absolute Gasteiger partial charge is 0.323 e. The normalized spacial score (nSPS) is 14.5. The standard InChI is InChI=1S/C8H12F5NO/c1-4(2)14(7(15)6(9)10)5(3)8(11,12)13/h4-6H,1-3H3. The first-order valence-electron chi connectivity index (χ1n) is 4.26. The monoisotopic (exact) mass is 233 g/mol. The number of amides is 1. The molecule has 0 radical (unpaired) electrons. The number of nitrogens with zero attached hydrogens (tertiary/aromatic N) is 1. The first kappa shape index (κ1) is 14.1. The summed E-state index contributed by atoms with van der Waals surface area (Å²) in [6, 6.07) is -3.14. The maximum absolute atomic E-state index is 12.2. The highest BCUT2D eigenvalue weighted by atomic mass is 19.4. The highest BCUT2D eigenvalue weighted by Gasteiger charge is 2.44. The summed E-state index contributed by atoms with van der Waals surface area (Å²) in [7, 11) is 0. The second kappa shape index (κ2) is 4.76. The zero-order valence-corrected chi connectivity index (χ0v) is 8.48. The van der Waals surface area contributed by atoms with Crippen LogP contribution in [0.2, 0.25) is 0 Å². The summed E-state index contributed by atoms with van der Waals surface area (Å²) in [4.78, 5) is 11.0. The van der Waals surface area contributed by atoms with Crippen LogP contribution in [0.25, 0.3) is 0 Å². The van der Waals surface area contributed by atoms with Gasteiger partial charge in [0.05, 0.1) is 0 Å². The lowest BCUT2D eigenvalue weighted by atomic mass is 10.2. The van der Waals surface area contributed by atoms with Crippen molar-refractivity contribution in [3.05, 3.63) is 0 Å². The topological polar surface area (TPSA) is 20.3 Å². The Morgan fingerprint density at radius 3 is 1.73 bits per heavy atom. The van der Waals surface area contributed by atoms with Gasteiger partial charge in [-0.15, -0.1) is 0 Å². The first-order chi connectivity index (χ1) is 6.59. The van der Waals surface area contributed by atoms with E-state index >= 15 is 0 Å². The van der Waals surface area contributed by atoms with E-state index in [2.05, 4.69) is 0 Å². The molecule has 0 aliphatic carbocycles. The number of alkyl halides is 5. The van der Waals surface area contributed by atoms with Crippen LogP contribution in [0.15, 0.2) is 0 Å². The van der Waals surface area contributed by atoms with Gasteiger partial charge in [0.2, 0.25) is 0 Å². The Hall–Kier alpha value is -0.880. The van der Waals surface area contributed by atoms with E-state index in [1.807, 2.05) is 0 Å². The summed E-state index contributed by atoms with van der Waals surface area (Å²) in [6.07, 6.45) is -8.12. The predicted molar refractivity (Wildman–Crippen MR) is 43.5 cm³/mol. The predicted octanol–water partition coefficient (Wildman–Crippen LogP) is 2.44. The van der Waals surface area contributed by atoms with Gasteiger partial charge in [0, 0.05) is 6.04 Å². The minimum atomic E-state index is -4.70. The average Bonchev–Trinajstić information content (AvgIpc) is 2.01. The molecule has 0 N–H and O–H groups in total. The molecule has 15 heavy (non-hydrogen) atoms. The third kappa shape index (κ3) is 3.64. The quantitative estimate of drug-likeness (QED) is 0.685. The molecular weight excluding hydrogens is 221 g/mol. The molecule has 1 unspecified atom stereocenters. The third-order valence-electron chi connectivity index (χ3n) is 1.89. The summed E-state index contributed by atoms with van der Waals surface area (Å²) in [6.45, 7) is 3.19. The van der Waals surface area contributed by atoms with Crippen LogP contribution in [0.5, 0.6) is 0 Å². The second-order valence-electron chi connectivity index (χ2n) is 3.36. The molecule has 0 aromatic carbocycles. The molecule has 2 nitrogen and oxygen atoms in total. The molecule has 0 aliphatic rings. The van der Waals surface area contributed by atoms with Crippen LogP contribution in [0, 0.1) is 0 Å². The largest absolute Gasteiger partial charge is 0.408 e. The van der Waals surface area contributed by atoms with Crippen molar-refractivity contribution >= 4 is 5.91 Å². The Bertz CT molecular complexity index is 226. The maximum Gasteiger partial charge on any atom is 0.408 e. The number of rotatable bonds is 3. The van der Waals surface area contributed by atoms with E-state index in [0.29, 0.717) is 6.92 Å². The van der Waals surface area contributed by atoms with E-state index < -0.39 is 30.6 Å². The van der Waals surface area contributed by atoms with Crippen LogP contribution in [0.4, 0.5) is 22.0 Å². The highest BCUT2D eigenvalue weighted by molar-refractivity contribution is 5.80. The lowest BCUT2D eigenvalue weighted by Gasteiger charge is -2.33. The first-order valence-corrected chi connectivity index (χ1v) is 4.26. The van der Waals surface area contributed by atoms with E-state index in [-0.39, 0.29) is 4.90 Å². The molecule has 1 atom stereocenters. The van der Waals surface area contributed by atoms with E-state index in [4.69, 9.17) is 0 Å². The summed E-state index contributed by atoms with van der Waals surface area (Å²) in [5.74, 6) is -1.80. The van der Waals surface area contributed by atoms with Crippen molar-refractivity contribution in [3.8, 4) is 0 Å². The summed E-state index contributed by atoms with van der Waals surface area (Å²) in [5.41, 5.74) is 0. The van der Waals surface area contributed by atoms with E-state index in [0.717, 1.165) is 0 Å². The summed E-state index contributed by atoms with van der Waals surface area (Å²) < 4.78 is 60.8. The molecule has 0 rings (SSSR count). The number of hydrogen-bond donors (Lipinski definition) is 0. The van der Waals surface area contributed by atoms with Crippen LogP contribution in [0.3, 0.4) is 0 Å². The van der Waals surface area contributed by atoms with Crippen LogP contribution in [0.1, 0.15) is 20.8 Å². The maximum atomic E-state index is 12.2. The van der Waals surface area contributed by atoms with Crippen molar-refractivity contribution in [3.63, 3.8) is 0 Å². The Morgan fingerprint density at radius 1 is 1.13 bits per heavy atom. The average molecular weight is 233 g/mol. The molecule has 0 aromatic rings. The van der Waals surface area contributed by atoms with Gasteiger partial charge in [0.1, 0.15) is 6.04 Å². The van der Waals surface area contributed by atoms with Gasteiger partial charge in [-0.2, -0.15) is 22.0 Å². The number of carbonyl (C=O) groups is 1. The van der Waals surface area contributed by atoms with Gasteiger partial charge in [-0.05, 0) is 20.8 Å². The van der Waals surface area contributed by atoms with Crippen LogP contribution >= 0.6 is 0 Å². The number of halogens is 5. The Morgan fingerprint density at radius 2 is 1.53 bits per heavy atom. The highest BCUT2D eigenvalue weighted by Crippen LogP contribution is 2.26. The van der Waals surface area contributed by atoms with Crippen molar-refractivity contribution in [2.24, 2.45) is 0 Å². The molecule has 7 heteroatoms. The molecule has 0 spiro atoms. The molecule has 0 saturated heterocycles. The molecule has 0 fully saturated rings. The number of hydrogen-bond acceptors (Lipinski definition) is 1. The molecular formula is C8H12F5NO. The van der Waals surface area contributed by atoms with Crippen molar-refractivity contribution < 1.29 is 26.7 Å². The molecule has 0 bridgehead atoms. The Labute approximate surface area is 84.0 Å². The molecule has 0 heterocycles. The van der Waals surface area contributed by atoms with Gasteiger partial charge < -0.3 is 4.90 Å². The zero-order chi connectivity index (χ0) is 12.4. The zero-order valence-electron chi connectivity index (χ0n) is 8.48. The van der Waals surface area contributed by atoms with Crippen molar-refractivity contribution in [1.29, 1.82) is 0 Å². The molecule has 1 amide bonds. The fourth-order valence-corrected chi connectivity index (χ4v) is 1.16. The summed E-state index contributed by atoms with van der Waals surface area (Å²) >= 11 is 0. The Kier molecular flexibility index (Phi) is 4.48. The third-order valence-corrected chi connectivity index (χ3v) is 1.89. The van der Waals surface area contributed by atoms with Gasteiger partial charge in [0.25, 0.3) is 5.91 Å². The minimum Gasteiger partial charge on any atom is -0.323 e.